The van der Waals surface area contributed by atoms with Gasteiger partial charge in [-0.05, 0) is 24.6 Å². The summed E-state index contributed by atoms with van der Waals surface area (Å²) < 4.78 is 33.2. The maximum absolute atomic E-state index is 14.0. The second kappa shape index (κ2) is 6.19. The molecule has 2 aromatic rings. The summed E-state index contributed by atoms with van der Waals surface area (Å²) >= 11 is 0. The number of H-pyrrole nitrogens is 1. The Morgan fingerprint density at radius 2 is 2.20 bits per heavy atom. The number of fused-ring (bicyclic) bond motifs is 1. The molecule has 1 aromatic carbocycles. The van der Waals surface area contributed by atoms with E-state index in [2.05, 4.69) is 21.2 Å². The van der Waals surface area contributed by atoms with Gasteiger partial charge in [-0.2, -0.15) is 10.4 Å². The Kier molecular flexibility index (Phi) is 4.00. The van der Waals surface area contributed by atoms with Crippen molar-refractivity contribution >= 4 is 0 Å². The molecule has 25 heavy (non-hydrogen) atoms. The SMILES string of the molecule is N#Cc1n[nH]c2c1CN([C@H]1CO[C@H](c3cc(F)ccc3F)[C@@H](N)C1)C2. The number of nitrogens with one attached hydrogen (secondary N) is 1. The minimum atomic E-state index is -0.663. The van der Waals surface area contributed by atoms with Gasteiger partial charge in [0.05, 0.1) is 12.3 Å². The van der Waals surface area contributed by atoms with Crippen molar-refractivity contribution in [1.29, 1.82) is 5.26 Å². The Balaban J connectivity index is 1.47. The molecule has 0 bridgehead atoms. The van der Waals surface area contributed by atoms with Crippen LogP contribution in [0.3, 0.4) is 0 Å². The molecule has 1 saturated heterocycles. The average molecular weight is 345 g/mol. The minimum Gasteiger partial charge on any atom is -0.370 e. The molecule has 1 aromatic heterocycles. The van der Waals surface area contributed by atoms with Crippen molar-refractivity contribution in [3.05, 3.63) is 52.3 Å². The normalized spacial score (nSPS) is 26.4. The summed E-state index contributed by atoms with van der Waals surface area (Å²) in [4.78, 5) is 2.17. The highest BCUT2D eigenvalue weighted by atomic mass is 19.1. The molecule has 3 atom stereocenters. The van der Waals surface area contributed by atoms with Crippen LogP contribution in [0.15, 0.2) is 18.2 Å². The molecular formula is C17H17F2N5O. The molecule has 0 aliphatic carbocycles. The molecule has 3 N–H and O–H groups in total. The molecule has 1 fully saturated rings. The van der Waals surface area contributed by atoms with Gasteiger partial charge in [-0.15, -0.1) is 0 Å². The number of nitrogens with zero attached hydrogens (tertiary/aromatic N) is 3. The zero-order valence-electron chi connectivity index (χ0n) is 13.4. The lowest BCUT2D eigenvalue weighted by atomic mass is 9.93. The maximum Gasteiger partial charge on any atom is 0.167 e. The van der Waals surface area contributed by atoms with E-state index in [1.54, 1.807) is 0 Å². The van der Waals surface area contributed by atoms with Crippen LogP contribution in [-0.4, -0.2) is 33.8 Å². The molecule has 0 unspecified atom stereocenters. The largest absolute Gasteiger partial charge is 0.370 e. The molecule has 2 aliphatic rings. The number of halogens is 2. The fraction of sp³-hybridized carbons (Fsp3) is 0.412. The summed E-state index contributed by atoms with van der Waals surface area (Å²) in [6.07, 6.45) is -0.0658. The number of aromatic nitrogens is 2. The number of aromatic amines is 1. The fourth-order valence-electron chi connectivity index (χ4n) is 3.67. The first-order chi connectivity index (χ1) is 12.1. The second-order valence-electron chi connectivity index (χ2n) is 6.52. The van der Waals surface area contributed by atoms with E-state index in [4.69, 9.17) is 15.7 Å². The van der Waals surface area contributed by atoms with Gasteiger partial charge in [0, 0.05) is 36.3 Å². The molecule has 130 valence electrons. The third-order valence-electron chi connectivity index (χ3n) is 4.96. The van der Waals surface area contributed by atoms with Crippen LogP contribution in [0.1, 0.15) is 35.0 Å². The van der Waals surface area contributed by atoms with Crippen molar-refractivity contribution in [3.8, 4) is 6.07 Å². The third kappa shape index (κ3) is 2.80. The van der Waals surface area contributed by atoms with Crippen LogP contribution in [0.4, 0.5) is 8.78 Å². The first kappa shape index (κ1) is 16.1. The average Bonchev–Trinajstić information content (AvgIpc) is 3.17. The van der Waals surface area contributed by atoms with E-state index in [0.29, 0.717) is 31.8 Å². The van der Waals surface area contributed by atoms with Crippen LogP contribution >= 0.6 is 0 Å². The molecule has 0 amide bonds. The van der Waals surface area contributed by atoms with Gasteiger partial charge < -0.3 is 10.5 Å². The molecule has 8 heteroatoms. The van der Waals surface area contributed by atoms with Crippen molar-refractivity contribution in [2.45, 2.75) is 37.7 Å². The zero-order valence-corrected chi connectivity index (χ0v) is 13.4. The van der Waals surface area contributed by atoms with Gasteiger partial charge in [0.1, 0.15) is 23.8 Å². The standard InChI is InChI=1S/C17H17F2N5O/c18-9-1-2-13(19)11(3-9)17-14(21)4-10(8-25-17)24-6-12-15(5-20)22-23-16(12)7-24/h1-3,10,14,17H,4,6-8,21H2,(H,22,23)/t10-,14+,17-/m1/s1. The molecule has 0 saturated carbocycles. The first-order valence-electron chi connectivity index (χ1n) is 8.09. The predicted molar refractivity (Wildman–Crippen MR) is 84.0 cm³/mol. The summed E-state index contributed by atoms with van der Waals surface area (Å²) in [5.74, 6) is -1.02. The molecular weight excluding hydrogens is 328 g/mol. The summed E-state index contributed by atoms with van der Waals surface area (Å²) in [5.41, 5.74) is 8.63. The van der Waals surface area contributed by atoms with Crippen LogP contribution in [0.25, 0.3) is 0 Å². The van der Waals surface area contributed by atoms with Gasteiger partial charge in [-0.1, -0.05) is 0 Å². The second-order valence-corrected chi connectivity index (χ2v) is 6.52. The molecule has 0 radical (unpaired) electrons. The number of nitrogens with two attached hydrogens (primary N) is 1. The quantitative estimate of drug-likeness (QED) is 0.865. The van der Waals surface area contributed by atoms with Crippen molar-refractivity contribution in [2.24, 2.45) is 5.73 Å². The van der Waals surface area contributed by atoms with Gasteiger partial charge in [-0.25, -0.2) is 8.78 Å². The first-order valence-corrected chi connectivity index (χ1v) is 8.09. The van der Waals surface area contributed by atoms with Crippen LogP contribution in [-0.2, 0) is 17.8 Å². The molecule has 3 heterocycles. The van der Waals surface area contributed by atoms with Crippen molar-refractivity contribution in [2.75, 3.05) is 6.61 Å². The summed E-state index contributed by atoms with van der Waals surface area (Å²) in [6.45, 7) is 1.62. The van der Waals surface area contributed by atoms with Gasteiger partial charge >= 0.3 is 0 Å². The lowest BCUT2D eigenvalue weighted by Crippen LogP contribution is -2.47. The Labute approximate surface area is 143 Å². The monoisotopic (exact) mass is 345 g/mol. The summed E-state index contributed by atoms with van der Waals surface area (Å²) in [6, 6.07) is 5.00. The zero-order chi connectivity index (χ0) is 17.6. The van der Waals surface area contributed by atoms with E-state index in [1.807, 2.05) is 0 Å². The summed E-state index contributed by atoms with van der Waals surface area (Å²) in [5, 5.41) is 15.9. The van der Waals surface area contributed by atoms with E-state index in [0.717, 1.165) is 29.5 Å². The third-order valence-corrected chi connectivity index (χ3v) is 4.96. The lowest BCUT2D eigenvalue weighted by Gasteiger charge is -2.38. The number of rotatable bonds is 2. The van der Waals surface area contributed by atoms with Gasteiger partial charge in [0.2, 0.25) is 0 Å². The number of ether oxygens (including phenoxy) is 1. The van der Waals surface area contributed by atoms with Crippen molar-refractivity contribution in [3.63, 3.8) is 0 Å². The highest BCUT2D eigenvalue weighted by Gasteiger charge is 2.37. The number of benzene rings is 1. The van der Waals surface area contributed by atoms with Crippen LogP contribution < -0.4 is 5.73 Å². The van der Waals surface area contributed by atoms with Crippen molar-refractivity contribution in [1.82, 2.24) is 15.1 Å². The van der Waals surface area contributed by atoms with E-state index in [9.17, 15) is 8.78 Å². The van der Waals surface area contributed by atoms with Gasteiger partial charge in [0.15, 0.2) is 5.69 Å². The smallest absolute Gasteiger partial charge is 0.167 e. The Morgan fingerprint density at radius 1 is 1.36 bits per heavy atom. The van der Waals surface area contributed by atoms with Crippen LogP contribution in [0.2, 0.25) is 0 Å². The van der Waals surface area contributed by atoms with E-state index in [1.165, 1.54) is 0 Å². The Bertz CT molecular complexity index is 846. The highest BCUT2D eigenvalue weighted by molar-refractivity contribution is 5.36. The van der Waals surface area contributed by atoms with Crippen LogP contribution in [0, 0.1) is 23.0 Å². The summed E-state index contributed by atoms with van der Waals surface area (Å²) in [7, 11) is 0. The highest BCUT2D eigenvalue weighted by Crippen LogP contribution is 2.34. The Hall–Kier alpha value is -2.34. The van der Waals surface area contributed by atoms with Gasteiger partial charge in [-0.3, -0.25) is 10.00 Å². The maximum atomic E-state index is 14.0. The molecule has 0 spiro atoms. The minimum absolute atomic E-state index is 0.0511. The molecule has 4 rings (SSSR count). The van der Waals surface area contributed by atoms with Crippen molar-refractivity contribution < 1.29 is 13.5 Å². The number of nitriles is 1. The molecule has 6 nitrogen and oxygen atoms in total. The van der Waals surface area contributed by atoms with E-state index >= 15 is 0 Å². The number of hydrogen-bond acceptors (Lipinski definition) is 5. The van der Waals surface area contributed by atoms with Gasteiger partial charge in [0.25, 0.3) is 0 Å². The number of hydrogen-bond donors (Lipinski definition) is 2. The molecule has 2 aliphatic heterocycles. The predicted octanol–water partition coefficient (Wildman–Crippen LogP) is 1.73. The van der Waals surface area contributed by atoms with E-state index in [-0.39, 0.29) is 11.6 Å². The fourth-order valence-corrected chi connectivity index (χ4v) is 3.67. The van der Waals surface area contributed by atoms with E-state index < -0.39 is 23.8 Å². The lowest BCUT2D eigenvalue weighted by molar-refractivity contribution is -0.0533. The topological polar surface area (TPSA) is 91.0 Å². The Morgan fingerprint density at radius 3 is 2.96 bits per heavy atom. The van der Waals surface area contributed by atoms with Crippen LogP contribution in [0.5, 0.6) is 0 Å².